The van der Waals surface area contributed by atoms with Crippen LogP contribution in [0.15, 0.2) is 36.4 Å². The molecule has 170 valence electrons. The first kappa shape index (κ1) is 23.3. The molecule has 0 unspecified atom stereocenters. The molecule has 1 aliphatic heterocycles. The summed E-state index contributed by atoms with van der Waals surface area (Å²) in [5.74, 6) is 3.66. The van der Waals surface area contributed by atoms with Crippen LogP contribution in [0.1, 0.15) is 43.2 Å². The molecule has 2 aromatic rings. The van der Waals surface area contributed by atoms with Crippen LogP contribution >= 0.6 is 0 Å². The van der Waals surface area contributed by atoms with Gasteiger partial charge in [0.25, 0.3) is 0 Å². The van der Waals surface area contributed by atoms with Gasteiger partial charge in [-0.05, 0) is 93.1 Å². The zero-order chi connectivity index (χ0) is 22.2. The lowest BCUT2D eigenvalue weighted by molar-refractivity contribution is 0.102. The van der Waals surface area contributed by atoms with Gasteiger partial charge in [-0.25, -0.2) is 0 Å². The van der Waals surface area contributed by atoms with Crippen molar-refractivity contribution in [1.29, 1.82) is 0 Å². The fourth-order valence-electron chi connectivity index (χ4n) is 4.79. The predicted octanol–water partition coefficient (Wildman–Crippen LogP) is 5.14. The number of hydrogen-bond acceptors (Lipinski definition) is 5. The number of likely N-dealkylation sites (tertiary alicyclic amines) is 1. The van der Waals surface area contributed by atoms with Crippen molar-refractivity contribution in [3.8, 4) is 23.0 Å². The van der Waals surface area contributed by atoms with Gasteiger partial charge in [-0.2, -0.15) is 0 Å². The highest BCUT2D eigenvalue weighted by Crippen LogP contribution is 2.32. The zero-order valence-corrected chi connectivity index (χ0v) is 19.6. The molecule has 0 N–H and O–H groups in total. The van der Waals surface area contributed by atoms with Gasteiger partial charge in [0.15, 0.2) is 0 Å². The predicted molar refractivity (Wildman–Crippen MR) is 125 cm³/mol. The van der Waals surface area contributed by atoms with Crippen molar-refractivity contribution in [2.24, 2.45) is 0 Å². The van der Waals surface area contributed by atoms with E-state index in [-0.39, 0.29) is 0 Å². The third kappa shape index (κ3) is 5.85. The van der Waals surface area contributed by atoms with E-state index in [9.17, 15) is 0 Å². The Morgan fingerprint density at radius 1 is 0.710 bits per heavy atom. The Hall–Kier alpha value is -2.40. The fourth-order valence-corrected chi connectivity index (χ4v) is 4.79. The summed E-state index contributed by atoms with van der Waals surface area (Å²) >= 11 is 0. The second kappa shape index (κ2) is 11.3. The minimum absolute atomic E-state index is 0.585. The topological polar surface area (TPSA) is 40.2 Å². The number of methoxy groups -OCH3 is 4. The number of hydrogen-bond donors (Lipinski definition) is 0. The molecule has 1 saturated heterocycles. The minimum atomic E-state index is 0.585. The van der Waals surface area contributed by atoms with Crippen LogP contribution in [0.3, 0.4) is 0 Å². The van der Waals surface area contributed by atoms with Gasteiger partial charge in [0, 0.05) is 12.1 Å². The van der Waals surface area contributed by atoms with Crippen molar-refractivity contribution in [3.05, 3.63) is 47.5 Å². The lowest BCUT2D eigenvalue weighted by atomic mass is 9.89. The van der Waals surface area contributed by atoms with Crippen molar-refractivity contribution < 1.29 is 18.9 Å². The first-order valence-corrected chi connectivity index (χ1v) is 11.2. The highest BCUT2D eigenvalue weighted by molar-refractivity contribution is 5.41. The highest BCUT2D eigenvalue weighted by Gasteiger charge is 2.27. The van der Waals surface area contributed by atoms with Crippen LogP contribution in [0.4, 0.5) is 0 Å². The zero-order valence-electron chi connectivity index (χ0n) is 19.6. The molecule has 0 aliphatic carbocycles. The second-order valence-corrected chi connectivity index (χ2v) is 8.34. The first-order chi connectivity index (χ1) is 15.1. The molecule has 0 radical (unpaired) electrons. The molecule has 5 nitrogen and oxygen atoms in total. The van der Waals surface area contributed by atoms with Crippen LogP contribution in [0.2, 0.25) is 0 Å². The molecular weight excluding hydrogens is 390 g/mol. The van der Waals surface area contributed by atoms with E-state index < -0.39 is 0 Å². The summed E-state index contributed by atoms with van der Waals surface area (Å²) in [5.41, 5.74) is 2.44. The van der Waals surface area contributed by atoms with Crippen LogP contribution in [-0.4, -0.2) is 52.5 Å². The van der Waals surface area contributed by atoms with Crippen molar-refractivity contribution >= 4 is 0 Å². The summed E-state index contributed by atoms with van der Waals surface area (Å²) in [6, 6.07) is 13.3. The third-order valence-electron chi connectivity index (χ3n) is 6.70. The van der Waals surface area contributed by atoms with Crippen LogP contribution in [0, 0.1) is 0 Å². The Labute approximate surface area is 187 Å². The van der Waals surface area contributed by atoms with Crippen LogP contribution in [0.5, 0.6) is 23.0 Å². The molecular formula is C26H37NO4. The van der Waals surface area contributed by atoms with Crippen molar-refractivity contribution in [1.82, 2.24) is 4.90 Å². The second-order valence-electron chi connectivity index (χ2n) is 8.34. The molecule has 0 amide bonds. The minimum Gasteiger partial charge on any atom is -0.497 e. The molecule has 31 heavy (non-hydrogen) atoms. The smallest absolute Gasteiger partial charge is 0.122 e. The van der Waals surface area contributed by atoms with Crippen molar-refractivity contribution in [2.75, 3.05) is 35.5 Å². The van der Waals surface area contributed by atoms with Crippen LogP contribution < -0.4 is 18.9 Å². The van der Waals surface area contributed by atoms with E-state index in [0.29, 0.717) is 12.1 Å². The van der Waals surface area contributed by atoms with Crippen LogP contribution in [0.25, 0.3) is 0 Å². The Morgan fingerprint density at radius 2 is 1.16 bits per heavy atom. The standard InChI is InChI=1S/C26H37NO4/c1-27-21(11-9-19-17-23(28-2)13-15-25(19)30-4)7-6-8-22(27)12-10-20-18-24(29-3)14-16-26(20)31-5/h13-18,21-22H,6-12H2,1-5H3/t21-,22+. The summed E-state index contributed by atoms with van der Waals surface area (Å²) < 4.78 is 22.0. The summed E-state index contributed by atoms with van der Waals surface area (Å²) in [5, 5.41) is 0. The lowest BCUT2D eigenvalue weighted by Crippen LogP contribution is -2.44. The van der Waals surface area contributed by atoms with Crippen LogP contribution in [-0.2, 0) is 12.8 Å². The molecule has 5 heteroatoms. The van der Waals surface area contributed by atoms with Gasteiger partial charge in [0.05, 0.1) is 28.4 Å². The number of nitrogens with zero attached hydrogens (tertiary/aromatic N) is 1. The molecule has 1 aliphatic rings. The number of ether oxygens (including phenoxy) is 4. The molecule has 2 atom stereocenters. The van der Waals surface area contributed by atoms with Gasteiger partial charge in [-0.15, -0.1) is 0 Å². The van der Waals surface area contributed by atoms with E-state index in [1.807, 2.05) is 24.3 Å². The van der Waals surface area contributed by atoms with E-state index >= 15 is 0 Å². The molecule has 0 aromatic heterocycles. The normalized spacial score (nSPS) is 19.1. The molecule has 1 heterocycles. The third-order valence-corrected chi connectivity index (χ3v) is 6.70. The fraction of sp³-hybridized carbons (Fsp3) is 0.538. The molecule has 0 spiro atoms. The molecule has 0 bridgehead atoms. The maximum atomic E-state index is 5.57. The average Bonchev–Trinajstić information content (AvgIpc) is 2.82. The van der Waals surface area contributed by atoms with Gasteiger partial charge in [0.2, 0.25) is 0 Å². The Balaban J connectivity index is 1.61. The first-order valence-electron chi connectivity index (χ1n) is 11.2. The number of benzene rings is 2. The quantitative estimate of drug-likeness (QED) is 0.525. The van der Waals surface area contributed by atoms with Gasteiger partial charge in [-0.1, -0.05) is 6.42 Å². The van der Waals surface area contributed by atoms with E-state index in [4.69, 9.17) is 18.9 Å². The Morgan fingerprint density at radius 3 is 1.55 bits per heavy atom. The maximum absolute atomic E-state index is 5.57. The lowest BCUT2D eigenvalue weighted by Gasteiger charge is -2.40. The molecule has 3 rings (SSSR count). The number of aryl methyl sites for hydroxylation is 2. The van der Waals surface area contributed by atoms with Crippen molar-refractivity contribution in [2.45, 2.75) is 57.0 Å². The summed E-state index contributed by atoms with van der Waals surface area (Å²) in [6.45, 7) is 0. The summed E-state index contributed by atoms with van der Waals surface area (Å²) in [4.78, 5) is 2.60. The van der Waals surface area contributed by atoms with Gasteiger partial charge in [0.1, 0.15) is 23.0 Å². The van der Waals surface area contributed by atoms with Gasteiger partial charge < -0.3 is 23.8 Å². The van der Waals surface area contributed by atoms with E-state index in [2.05, 4.69) is 24.1 Å². The maximum Gasteiger partial charge on any atom is 0.122 e. The summed E-state index contributed by atoms with van der Waals surface area (Å²) in [7, 11) is 9.19. The largest absolute Gasteiger partial charge is 0.497 e. The molecule has 1 fully saturated rings. The Bertz CT molecular complexity index is 771. The number of rotatable bonds is 10. The average molecular weight is 428 g/mol. The van der Waals surface area contributed by atoms with Gasteiger partial charge >= 0.3 is 0 Å². The Kier molecular flexibility index (Phi) is 8.47. The molecule has 0 saturated carbocycles. The highest BCUT2D eigenvalue weighted by atomic mass is 16.5. The van der Waals surface area contributed by atoms with Gasteiger partial charge in [-0.3, -0.25) is 0 Å². The van der Waals surface area contributed by atoms with Crippen molar-refractivity contribution in [3.63, 3.8) is 0 Å². The SMILES string of the molecule is COc1ccc(OC)c(CC[C@H]2CCC[C@@H](CCc3cc(OC)ccc3OC)N2C)c1. The van der Waals surface area contributed by atoms with E-state index in [1.165, 1.54) is 30.4 Å². The number of piperidine rings is 1. The molecule has 2 aromatic carbocycles. The van der Waals surface area contributed by atoms with E-state index in [1.54, 1.807) is 28.4 Å². The summed E-state index contributed by atoms with van der Waals surface area (Å²) in [6.07, 6.45) is 8.02. The van der Waals surface area contributed by atoms with E-state index in [0.717, 1.165) is 48.7 Å². The monoisotopic (exact) mass is 427 g/mol.